The van der Waals surface area contributed by atoms with Gasteiger partial charge in [0.1, 0.15) is 0 Å². The van der Waals surface area contributed by atoms with Crippen molar-refractivity contribution < 1.29 is 14.7 Å². The fourth-order valence-electron chi connectivity index (χ4n) is 2.83. The number of carbonyl (C=O) groups excluding carboxylic acids is 1. The van der Waals surface area contributed by atoms with Crippen molar-refractivity contribution in [3.63, 3.8) is 0 Å². The molecule has 1 aliphatic carbocycles. The van der Waals surface area contributed by atoms with E-state index in [2.05, 4.69) is 19.2 Å². The van der Waals surface area contributed by atoms with Crippen molar-refractivity contribution >= 4 is 11.9 Å². The van der Waals surface area contributed by atoms with Crippen LogP contribution in [0.5, 0.6) is 0 Å². The van der Waals surface area contributed by atoms with Gasteiger partial charge in [-0.15, -0.1) is 0 Å². The molecule has 0 spiro atoms. The van der Waals surface area contributed by atoms with E-state index in [9.17, 15) is 9.59 Å². The molecule has 0 unspecified atom stereocenters. The van der Waals surface area contributed by atoms with E-state index in [-0.39, 0.29) is 23.3 Å². The largest absolute Gasteiger partial charge is 0.481 e. The first-order chi connectivity index (χ1) is 8.22. The van der Waals surface area contributed by atoms with Gasteiger partial charge >= 0.3 is 5.97 Å². The molecule has 18 heavy (non-hydrogen) atoms. The molecular formula is C14H25NO3. The second kappa shape index (κ2) is 5.72. The molecule has 0 heterocycles. The Morgan fingerprint density at radius 3 is 2.39 bits per heavy atom. The van der Waals surface area contributed by atoms with Crippen LogP contribution in [-0.4, -0.2) is 23.0 Å². The molecule has 0 aromatic heterocycles. The third-order valence-corrected chi connectivity index (χ3v) is 3.65. The maximum Gasteiger partial charge on any atom is 0.306 e. The molecule has 0 aromatic carbocycles. The number of hydrogen-bond donors (Lipinski definition) is 2. The van der Waals surface area contributed by atoms with Crippen molar-refractivity contribution in [1.82, 2.24) is 5.32 Å². The number of hydrogen-bond acceptors (Lipinski definition) is 2. The quantitative estimate of drug-likeness (QED) is 0.793. The van der Waals surface area contributed by atoms with Gasteiger partial charge in [-0.1, -0.05) is 27.7 Å². The normalized spacial score (nSPS) is 24.3. The highest BCUT2D eigenvalue weighted by molar-refractivity contribution is 5.82. The van der Waals surface area contributed by atoms with Gasteiger partial charge in [-0.05, 0) is 31.6 Å². The predicted molar refractivity (Wildman–Crippen MR) is 70.1 cm³/mol. The summed E-state index contributed by atoms with van der Waals surface area (Å²) >= 11 is 0. The maximum atomic E-state index is 12.2. The first kappa shape index (κ1) is 15.0. The van der Waals surface area contributed by atoms with Crippen molar-refractivity contribution in [1.29, 1.82) is 0 Å². The first-order valence-corrected chi connectivity index (χ1v) is 6.76. The van der Waals surface area contributed by atoms with E-state index < -0.39 is 5.97 Å². The van der Waals surface area contributed by atoms with Crippen molar-refractivity contribution in [3.05, 3.63) is 0 Å². The average molecular weight is 255 g/mol. The molecule has 0 aromatic rings. The summed E-state index contributed by atoms with van der Waals surface area (Å²) in [5, 5.41) is 11.9. The minimum Gasteiger partial charge on any atom is -0.481 e. The van der Waals surface area contributed by atoms with Crippen LogP contribution in [0.1, 0.15) is 53.4 Å². The first-order valence-electron chi connectivity index (χ1n) is 6.76. The standard InChI is InChI=1S/C14H25NO3/c1-9(2)8-14(3,4)13(18)15-11-6-5-10(7-11)12(16)17/h9-11H,5-8H2,1-4H3,(H,15,18)(H,16,17)/t10-,11+/m0/s1. The lowest BCUT2D eigenvalue weighted by Crippen LogP contribution is -2.42. The molecule has 0 bridgehead atoms. The van der Waals surface area contributed by atoms with Crippen LogP contribution >= 0.6 is 0 Å². The minimum absolute atomic E-state index is 0.0324. The minimum atomic E-state index is -0.742. The fraction of sp³-hybridized carbons (Fsp3) is 0.857. The molecule has 0 radical (unpaired) electrons. The van der Waals surface area contributed by atoms with Gasteiger partial charge in [-0.3, -0.25) is 9.59 Å². The topological polar surface area (TPSA) is 66.4 Å². The second-order valence-electron chi connectivity index (χ2n) is 6.50. The summed E-state index contributed by atoms with van der Waals surface area (Å²) in [5.41, 5.74) is -0.379. The van der Waals surface area contributed by atoms with Crippen LogP contribution in [0.2, 0.25) is 0 Å². The molecule has 0 aliphatic heterocycles. The predicted octanol–water partition coefficient (Wildman–Crippen LogP) is 2.43. The number of amides is 1. The SMILES string of the molecule is CC(C)CC(C)(C)C(=O)N[C@@H]1CC[C@H](C(=O)O)C1. The molecule has 4 nitrogen and oxygen atoms in total. The molecule has 2 atom stereocenters. The van der Waals surface area contributed by atoms with Gasteiger partial charge in [-0.2, -0.15) is 0 Å². The molecule has 1 rings (SSSR count). The van der Waals surface area contributed by atoms with Crippen molar-refractivity contribution in [2.75, 3.05) is 0 Å². The molecule has 4 heteroatoms. The monoisotopic (exact) mass is 255 g/mol. The summed E-state index contributed by atoms with van der Waals surface area (Å²) < 4.78 is 0. The van der Waals surface area contributed by atoms with Crippen LogP contribution < -0.4 is 5.32 Å². The van der Waals surface area contributed by atoms with Crippen molar-refractivity contribution in [2.24, 2.45) is 17.3 Å². The van der Waals surface area contributed by atoms with Crippen LogP contribution in [-0.2, 0) is 9.59 Å². The van der Waals surface area contributed by atoms with Gasteiger partial charge in [0.25, 0.3) is 0 Å². The fourth-order valence-corrected chi connectivity index (χ4v) is 2.83. The number of carboxylic acid groups (broad SMARTS) is 1. The van der Waals surface area contributed by atoms with E-state index in [1.54, 1.807) is 0 Å². The van der Waals surface area contributed by atoms with Crippen LogP contribution in [0.3, 0.4) is 0 Å². The van der Waals surface area contributed by atoms with Crippen molar-refractivity contribution in [3.8, 4) is 0 Å². The number of carboxylic acids is 1. The molecule has 0 saturated heterocycles. The number of nitrogens with one attached hydrogen (secondary N) is 1. The second-order valence-corrected chi connectivity index (χ2v) is 6.50. The number of aliphatic carboxylic acids is 1. The van der Waals surface area contributed by atoms with Gasteiger partial charge in [-0.25, -0.2) is 0 Å². The summed E-state index contributed by atoms with van der Waals surface area (Å²) in [6.45, 7) is 8.11. The molecular weight excluding hydrogens is 230 g/mol. The summed E-state index contributed by atoms with van der Waals surface area (Å²) in [7, 11) is 0. The molecule has 2 N–H and O–H groups in total. The Kier molecular flexibility index (Phi) is 4.77. The van der Waals surface area contributed by atoms with E-state index in [4.69, 9.17) is 5.11 Å². The van der Waals surface area contributed by atoms with E-state index in [1.165, 1.54) is 0 Å². The molecule has 1 saturated carbocycles. The van der Waals surface area contributed by atoms with Crippen LogP contribution in [0.15, 0.2) is 0 Å². The third-order valence-electron chi connectivity index (χ3n) is 3.65. The lowest BCUT2D eigenvalue weighted by atomic mass is 9.83. The average Bonchev–Trinajstić information content (AvgIpc) is 2.64. The zero-order chi connectivity index (χ0) is 13.9. The molecule has 1 amide bonds. The molecule has 1 fully saturated rings. The zero-order valence-electron chi connectivity index (χ0n) is 11.8. The third kappa shape index (κ3) is 4.00. The molecule has 1 aliphatic rings. The highest BCUT2D eigenvalue weighted by atomic mass is 16.4. The van der Waals surface area contributed by atoms with E-state index in [0.717, 1.165) is 12.8 Å². The van der Waals surface area contributed by atoms with E-state index in [1.807, 2.05) is 13.8 Å². The lowest BCUT2D eigenvalue weighted by Gasteiger charge is -2.27. The zero-order valence-corrected chi connectivity index (χ0v) is 11.8. The summed E-state index contributed by atoms with van der Waals surface area (Å²) in [6, 6.07) is 0.0324. The highest BCUT2D eigenvalue weighted by Crippen LogP contribution is 2.29. The Labute approximate surface area is 109 Å². The summed E-state index contributed by atoms with van der Waals surface area (Å²) in [4.78, 5) is 23.0. The number of carbonyl (C=O) groups is 2. The van der Waals surface area contributed by atoms with Crippen LogP contribution in [0, 0.1) is 17.3 Å². The van der Waals surface area contributed by atoms with Gasteiger partial charge in [0.2, 0.25) is 5.91 Å². The highest BCUT2D eigenvalue weighted by Gasteiger charge is 2.34. The van der Waals surface area contributed by atoms with Crippen LogP contribution in [0.25, 0.3) is 0 Å². The maximum absolute atomic E-state index is 12.2. The molecule has 104 valence electrons. The van der Waals surface area contributed by atoms with Gasteiger partial charge in [0.05, 0.1) is 5.92 Å². The Hall–Kier alpha value is -1.06. The van der Waals surface area contributed by atoms with Gasteiger partial charge in [0, 0.05) is 11.5 Å². The van der Waals surface area contributed by atoms with Crippen LogP contribution in [0.4, 0.5) is 0 Å². The summed E-state index contributed by atoms with van der Waals surface area (Å²) in [6.07, 6.45) is 2.86. The van der Waals surface area contributed by atoms with Crippen molar-refractivity contribution in [2.45, 2.75) is 59.4 Å². The lowest BCUT2D eigenvalue weighted by molar-refractivity contribution is -0.141. The Bertz CT molecular complexity index is 323. The Morgan fingerprint density at radius 1 is 1.33 bits per heavy atom. The van der Waals surface area contributed by atoms with Gasteiger partial charge in [0.15, 0.2) is 0 Å². The summed E-state index contributed by atoms with van der Waals surface area (Å²) in [5.74, 6) is -0.509. The van der Waals surface area contributed by atoms with E-state index >= 15 is 0 Å². The number of rotatable bonds is 5. The Balaban J connectivity index is 2.48. The van der Waals surface area contributed by atoms with E-state index in [0.29, 0.717) is 18.8 Å². The smallest absolute Gasteiger partial charge is 0.306 e. The van der Waals surface area contributed by atoms with Gasteiger partial charge < -0.3 is 10.4 Å². The Morgan fingerprint density at radius 2 is 1.94 bits per heavy atom.